The normalized spacial score (nSPS) is 19.0. The van der Waals surface area contributed by atoms with E-state index >= 15 is 0 Å². The zero-order chi connectivity index (χ0) is 15.4. The number of aliphatic carboxylic acids is 1. The van der Waals surface area contributed by atoms with Crippen molar-refractivity contribution >= 4 is 18.0 Å². The van der Waals surface area contributed by atoms with E-state index in [-0.39, 0.29) is 11.9 Å². The molecule has 5 heteroatoms. The highest BCUT2D eigenvalue weighted by Crippen LogP contribution is 2.14. The van der Waals surface area contributed by atoms with Crippen molar-refractivity contribution in [1.29, 1.82) is 0 Å². The molecule has 0 aliphatic carbocycles. The zero-order valence-corrected chi connectivity index (χ0v) is 12.3. The number of benzene rings is 1. The van der Waals surface area contributed by atoms with Crippen molar-refractivity contribution in [3.8, 4) is 0 Å². The first-order valence-corrected chi connectivity index (χ1v) is 6.97. The van der Waals surface area contributed by atoms with Crippen LogP contribution in [0.1, 0.15) is 27.9 Å². The Morgan fingerprint density at radius 2 is 2.19 bits per heavy atom. The van der Waals surface area contributed by atoms with Crippen LogP contribution in [0.25, 0.3) is 6.08 Å². The number of likely N-dealkylation sites (N-methyl/N-ethyl adjacent to an activating group) is 1. The lowest BCUT2D eigenvalue weighted by Gasteiger charge is -2.13. The first-order chi connectivity index (χ1) is 9.95. The van der Waals surface area contributed by atoms with Gasteiger partial charge in [-0.25, -0.2) is 4.79 Å². The molecule has 0 spiro atoms. The van der Waals surface area contributed by atoms with E-state index in [2.05, 4.69) is 10.2 Å². The molecule has 0 radical (unpaired) electrons. The van der Waals surface area contributed by atoms with Crippen LogP contribution in [0.2, 0.25) is 0 Å². The summed E-state index contributed by atoms with van der Waals surface area (Å²) in [5, 5.41) is 11.7. The molecule has 0 aromatic heterocycles. The minimum absolute atomic E-state index is 0.0767. The summed E-state index contributed by atoms with van der Waals surface area (Å²) in [6.07, 6.45) is 3.60. The summed E-state index contributed by atoms with van der Waals surface area (Å²) >= 11 is 0. The lowest BCUT2D eigenvalue weighted by molar-refractivity contribution is -0.131. The van der Waals surface area contributed by atoms with Gasteiger partial charge in [0.2, 0.25) is 0 Å². The lowest BCUT2D eigenvalue weighted by Crippen LogP contribution is -2.36. The molecule has 112 valence electrons. The molecule has 1 saturated heterocycles. The molecule has 5 nitrogen and oxygen atoms in total. The number of carboxylic acid groups (broad SMARTS) is 1. The second kappa shape index (κ2) is 6.54. The molecule has 21 heavy (non-hydrogen) atoms. The first-order valence-electron chi connectivity index (χ1n) is 6.97. The van der Waals surface area contributed by atoms with Crippen LogP contribution < -0.4 is 5.32 Å². The summed E-state index contributed by atoms with van der Waals surface area (Å²) in [6, 6.07) is 5.48. The fraction of sp³-hybridized carbons (Fsp3) is 0.375. The Bertz CT molecular complexity index is 581. The number of aryl methyl sites for hydroxylation is 1. The van der Waals surface area contributed by atoms with E-state index in [1.165, 1.54) is 6.08 Å². The molecule has 0 bridgehead atoms. The largest absolute Gasteiger partial charge is 0.478 e. The van der Waals surface area contributed by atoms with E-state index in [0.29, 0.717) is 5.56 Å². The van der Waals surface area contributed by atoms with Gasteiger partial charge in [-0.2, -0.15) is 0 Å². The maximum Gasteiger partial charge on any atom is 0.328 e. The highest BCUT2D eigenvalue weighted by molar-refractivity contribution is 5.95. The average molecular weight is 288 g/mol. The predicted molar refractivity (Wildman–Crippen MR) is 81.2 cm³/mol. The van der Waals surface area contributed by atoms with E-state index in [1.54, 1.807) is 18.2 Å². The Labute approximate surface area is 124 Å². The molecule has 1 heterocycles. The second-order valence-corrected chi connectivity index (χ2v) is 5.46. The van der Waals surface area contributed by atoms with Crippen LogP contribution in [0.3, 0.4) is 0 Å². The van der Waals surface area contributed by atoms with Crippen molar-refractivity contribution < 1.29 is 14.7 Å². The van der Waals surface area contributed by atoms with Crippen molar-refractivity contribution in [2.24, 2.45) is 0 Å². The number of carbonyl (C=O) groups excluding carboxylic acids is 1. The topological polar surface area (TPSA) is 69.6 Å². The molecule has 0 saturated carbocycles. The van der Waals surface area contributed by atoms with E-state index < -0.39 is 5.97 Å². The zero-order valence-electron chi connectivity index (χ0n) is 12.3. The third-order valence-electron chi connectivity index (χ3n) is 3.66. The highest BCUT2D eigenvalue weighted by atomic mass is 16.4. The van der Waals surface area contributed by atoms with E-state index in [9.17, 15) is 9.59 Å². The van der Waals surface area contributed by atoms with Crippen molar-refractivity contribution in [2.75, 3.05) is 20.1 Å². The van der Waals surface area contributed by atoms with Crippen LogP contribution in [0.5, 0.6) is 0 Å². The van der Waals surface area contributed by atoms with E-state index in [0.717, 1.165) is 36.7 Å². The molecule has 2 N–H and O–H groups in total. The van der Waals surface area contributed by atoms with Gasteiger partial charge in [0.15, 0.2) is 0 Å². The number of nitrogens with zero attached hydrogens (tertiary/aromatic N) is 1. The Kier molecular flexibility index (Phi) is 4.75. The lowest BCUT2D eigenvalue weighted by atomic mass is 10.0. The maximum atomic E-state index is 12.2. The Morgan fingerprint density at radius 1 is 1.43 bits per heavy atom. The van der Waals surface area contributed by atoms with Crippen LogP contribution in [-0.4, -0.2) is 48.1 Å². The summed E-state index contributed by atoms with van der Waals surface area (Å²) in [4.78, 5) is 24.9. The van der Waals surface area contributed by atoms with Gasteiger partial charge >= 0.3 is 5.97 Å². The number of hydrogen-bond donors (Lipinski definition) is 2. The van der Waals surface area contributed by atoms with Crippen LogP contribution in [0.15, 0.2) is 24.3 Å². The number of likely N-dealkylation sites (tertiary alicyclic amines) is 1. The molecule has 2 rings (SSSR count). The Morgan fingerprint density at radius 3 is 2.76 bits per heavy atom. The van der Waals surface area contributed by atoms with Crippen LogP contribution >= 0.6 is 0 Å². The van der Waals surface area contributed by atoms with Gasteiger partial charge in [0, 0.05) is 24.2 Å². The van der Waals surface area contributed by atoms with Crippen molar-refractivity contribution in [2.45, 2.75) is 19.4 Å². The highest BCUT2D eigenvalue weighted by Gasteiger charge is 2.21. The first kappa shape index (κ1) is 15.3. The Hall–Kier alpha value is -2.14. The summed E-state index contributed by atoms with van der Waals surface area (Å²) in [5.41, 5.74) is 2.28. The SMILES string of the molecule is Cc1cc(C(=O)NC2CCN(C)C2)ccc1/C=C/C(=O)O. The van der Waals surface area contributed by atoms with Crippen LogP contribution in [0.4, 0.5) is 0 Å². The third kappa shape index (κ3) is 4.16. The van der Waals surface area contributed by atoms with E-state index in [4.69, 9.17) is 5.11 Å². The van der Waals surface area contributed by atoms with Crippen molar-refractivity contribution in [3.63, 3.8) is 0 Å². The van der Waals surface area contributed by atoms with E-state index in [1.807, 2.05) is 14.0 Å². The van der Waals surface area contributed by atoms with Gasteiger partial charge < -0.3 is 15.3 Å². The fourth-order valence-corrected chi connectivity index (χ4v) is 2.49. The number of hydrogen-bond acceptors (Lipinski definition) is 3. The van der Waals surface area contributed by atoms with Gasteiger partial charge in [0.05, 0.1) is 0 Å². The smallest absolute Gasteiger partial charge is 0.328 e. The third-order valence-corrected chi connectivity index (χ3v) is 3.66. The summed E-state index contributed by atoms with van der Waals surface area (Å²) in [5.74, 6) is -1.06. The molecule has 1 amide bonds. The summed E-state index contributed by atoms with van der Waals surface area (Å²) < 4.78 is 0. The molecule has 1 aromatic carbocycles. The molecular formula is C16H20N2O3. The second-order valence-electron chi connectivity index (χ2n) is 5.46. The standard InChI is InChI=1S/C16H20N2O3/c1-11-9-13(4-3-12(11)5-6-15(19)20)16(21)17-14-7-8-18(2)10-14/h3-6,9,14H,7-8,10H2,1-2H3,(H,17,21)(H,19,20)/b6-5+. The van der Waals surface area contributed by atoms with Crippen molar-refractivity contribution in [3.05, 3.63) is 41.0 Å². The number of carbonyl (C=O) groups is 2. The summed E-state index contributed by atoms with van der Waals surface area (Å²) in [7, 11) is 2.04. The molecule has 1 fully saturated rings. The van der Waals surface area contributed by atoms with Gasteiger partial charge in [-0.1, -0.05) is 6.07 Å². The molecule has 1 unspecified atom stereocenters. The number of amides is 1. The fourth-order valence-electron chi connectivity index (χ4n) is 2.49. The van der Waals surface area contributed by atoms with Gasteiger partial charge in [-0.3, -0.25) is 4.79 Å². The van der Waals surface area contributed by atoms with Crippen LogP contribution in [0, 0.1) is 6.92 Å². The maximum absolute atomic E-state index is 12.2. The number of carboxylic acids is 1. The Balaban J connectivity index is 2.05. The minimum atomic E-state index is -0.985. The van der Waals surface area contributed by atoms with Gasteiger partial charge in [0.25, 0.3) is 5.91 Å². The number of nitrogens with one attached hydrogen (secondary N) is 1. The average Bonchev–Trinajstić information content (AvgIpc) is 2.82. The minimum Gasteiger partial charge on any atom is -0.478 e. The van der Waals surface area contributed by atoms with Crippen molar-refractivity contribution in [1.82, 2.24) is 10.2 Å². The molecule has 1 aromatic rings. The van der Waals surface area contributed by atoms with Gasteiger partial charge in [-0.05, 0) is 56.3 Å². The van der Waals surface area contributed by atoms with Crippen LogP contribution in [-0.2, 0) is 4.79 Å². The molecular weight excluding hydrogens is 268 g/mol. The molecule has 1 atom stereocenters. The number of rotatable bonds is 4. The predicted octanol–water partition coefficient (Wildman–Crippen LogP) is 1.53. The van der Waals surface area contributed by atoms with Gasteiger partial charge in [0.1, 0.15) is 0 Å². The molecule has 1 aliphatic heterocycles. The quantitative estimate of drug-likeness (QED) is 0.824. The summed E-state index contributed by atoms with van der Waals surface area (Å²) in [6.45, 7) is 3.74. The monoisotopic (exact) mass is 288 g/mol. The molecule has 1 aliphatic rings. The van der Waals surface area contributed by atoms with Gasteiger partial charge in [-0.15, -0.1) is 0 Å².